The highest BCUT2D eigenvalue weighted by Gasteiger charge is 2.51. The van der Waals surface area contributed by atoms with Gasteiger partial charge in [-0.15, -0.1) is 0 Å². The number of carboxylic acids is 3. The van der Waals surface area contributed by atoms with Gasteiger partial charge in [0.05, 0.1) is 30.8 Å². The molecule has 0 aliphatic carbocycles. The molecule has 0 unspecified atom stereocenters. The third kappa shape index (κ3) is 9.53. The number of hydrogen-bond donors (Lipinski definition) is 3. The van der Waals surface area contributed by atoms with Crippen molar-refractivity contribution in [3.63, 3.8) is 0 Å². The van der Waals surface area contributed by atoms with Gasteiger partial charge < -0.3 is 24.6 Å². The van der Waals surface area contributed by atoms with Crippen molar-refractivity contribution in [2.24, 2.45) is 0 Å². The van der Waals surface area contributed by atoms with Gasteiger partial charge in [-0.1, -0.05) is 24.3 Å². The minimum Gasteiger partial charge on any atom is -0.480 e. The fourth-order valence-corrected chi connectivity index (χ4v) is 4.80. The van der Waals surface area contributed by atoms with E-state index >= 15 is 0 Å². The Morgan fingerprint density at radius 2 is 0.975 bits per heavy atom. The van der Waals surface area contributed by atoms with Gasteiger partial charge in [-0.05, 0) is 38.7 Å². The normalized spacial score (nSPS) is 21.9. The number of nitrogens with zero attached hydrogens (tertiary/aromatic N) is 4. The Balaban J connectivity index is 1.72. The fraction of sp³-hybridized carbons (Fsp3) is 0.667. The van der Waals surface area contributed by atoms with E-state index in [-0.39, 0.29) is 19.6 Å². The summed E-state index contributed by atoms with van der Waals surface area (Å²) >= 11 is 0. The zero-order valence-electron chi connectivity index (χ0n) is 24.0. The van der Waals surface area contributed by atoms with Crippen LogP contribution in [0.25, 0.3) is 0 Å². The molecule has 222 valence electrons. The quantitative estimate of drug-likeness (QED) is 0.348. The Labute approximate surface area is 236 Å². The number of carboxylic acid groups (broad SMARTS) is 3. The van der Waals surface area contributed by atoms with Gasteiger partial charge in [0.25, 0.3) is 0 Å². The van der Waals surface area contributed by atoms with Crippen molar-refractivity contribution in [3.05, 3.63) is 29.8 Å². The molecule has 0 aromatic heterocycles. The first-order valence-electron chi connectivity index (χ1n) is 13.7. The van der Waals surface area contributed by atoms with Crippen LogP contribution in [0, 0.1) is 0 Å². The van der Waals surface area contributed by atoms with Gasteiger partial charge in [0.1, 0.15) is 0 Å². The largest absolute Gasteiger partial charge is 0.494 e. The molecule has 3 rings (SSSR count). The Morgan fingerprint density at radius 1 is 0.650 bits per heavy atom. The zero-order chi connectivity index (χ0) is 29.5. The monoisotopic (exact) mass is 562 g/mol. The molecule has 1 aromatic carbocycles. The van der Waals surface area contributed by atoms with Gasteiger partial charge in [-0.2, -0.15) is 0 Å². The highest BCUT2D eigenvalue weighted by molar-refractivity contribution is 6.62. The average Bonchev–Trinajstić information content (AvgIpc) is 3.06. The van der Waals surface area contributed by atoms with Gasteiger partial charge in [0, 0.05) is 58.9 Å². The first-order valence-corrected chi connectivity index (χ1v) is 13.7. The van der Waals surface area contributed by atoms with E-state index in [9.17, 15) is 29.7 Å². The standard InChI is InChI=1S/C27H43BN4O8/c1-26(2)27(3,4)40-28(39-26)22-7-5-21(6-8-22)17-29-9-11-30(18-23(33)34)13-15-32(20-25(37)38)16-14-31(12-10-29)19-24(35)36/h5-8H,9-20H2,1-4H3,(H,33,34)(H,35,36)(H,37,38). The van der Waals surface area contributed by atoms with Crippen molar-refractivity contribution in [1.82, 2.24) is 19.6 Å². The van der Waals surface area contributed by atoms with E-state index in [1.807, 2.05) is 61.8 Å². The highest BCUT2D eigenvalue weighted by Crippen LogP contribution is 2.36. The summed E-state index contributed by atoms with van der Waals surface area (Å²) in [6.07, 6.45) is 0. The summed E-state index contributed by atoms with van der Waals surface area (Å²) in [6.45, 7) is 11.9. The van der Waals surface area contributed by atoms with E-state index in [0.717, 1.165) is 11.0 Å². The predicted molar refractivity (Wildman–Crippen MR) is 150 cm³/mol. The first kappa shape index (κ1) is 32.0. The second-order valence-electron chi connectivity index (χ2n) is 11.6. The second kappa shape index (κ2) is 13.9. The molecule has 0 bridgehead atoms. The molecule has 0 radical (unpaired) electrons. The summed E-state index contributed by atoms with van der Waals surface area (Å²) in [5, 5.41) is 28.1. The van der Waals surface area contributed by atoms with Gasteiger partial charge in [-0.25, -0.2) is 0 Å². The van der Waals surface area contributed by atoms with Crippen LogP contribution < -0.4 is 5.46 Å². The van der Waals surface area contributed by atoms with Crippen molar-refractivity contribution in [2.45, 2.75) is 45.4 Å². The summed E-state index contributed by atoms with van der Waals surface area (Å²) in [5.74, 6) is -2.85. The number of benzene rings is 1. The van der Waals surface area contributed by atoms with Crippen molar-refractivity contribution in [1.29, 1.82) is 0 Å². The molecule has 2 saturated heterocycles. The van der Waals surface area contributed by atoms with E-state index in [1.165, 1.54) is 0 Å². The molecule has 0 atom stereocenters. The fourth-order valence-electron chi connectivity index (χ4n) is 4.80. The van der Waals surface area contributed by atoms with E-state index in [4.69, 9.17) is 9.31 Å². The Hall–Kier alpha value is -2.55. The van der Waals surface area contributed by atoms with Crippen LogP contribution in [0.5, 0.6) is 0 Å². The number of hydrogen-bond acceptors (Lipinski definition) is 9. The molecule has 0 saturated carbocycles. The van der Waals surface area contributed by atoms with Crippen LogP contribution in [0.4, 0.5) is 0 Å². The Morgan fingerprint density at radius 3 is 1.30 bits per heavy atom. The van der Waals surface area contributed by atoms with Crippen molar-refractivity contribution < 1.29 is 39.0 Å². The number of rotatable bonds is 9. The van der Waals surface area contributed by atoms with Gasteiger partial charge in [0.15, 0.2) is 0 Å². The van der Waals surface area contributed by atoms with E-state index in [0.29, 0.717) is 58.9 Å². The molecule has 2 aliphatic rings. The lowest BCUT2D eigenvalue weighted by Gasteiger charge is -2.33. The smallest absolute Gasteiger partial charge is 0.480 e. The minimum absolute atomic E-state index is 0.136. The molecule has 0 amide bonds. The van der Waals surface area contributed by atoms with Crippen LogP contribution in [0.1, 0.15) is 33.3 Å². The highest BCUT2D eigenvalue weighted by atomic mass is 16.7. The van der Waals surface area contributed by atoms with Crippen LogP contribution in [-0.4, -0.2) is 143 Å². The molecule has 12 nitrogen and oxygen atoms in total. The van der Waals surface area contributed by atoms with Crippen LogP contribution in [0.2, 0.25) is 0 Å². The summed E-state index contributed by atoms with van der Waals surface area (Å²) in [6, 6.07) is 8.06. The average molecular weight is 562 g/mol. The third-order valence-electron chi connectivity index (χ3n) is 7.92. The maximum atomic E-state index is 11.5. The summed E-state index contributed by atoms with van der Waals surface area (Å²) < 4.78 is 12.3. The predicted octanol–water partition coefficient (Wildman–Crippen LogP) is -0.0388. The first-order chi connectivity index (χ1) is 18.7. The number of aliphatic carboxylic acids is 3. The molecule has 2 heterocycles. The van der Waals surface area contributed by atoms with E-state index in [2.05, 4.69) is 4.90 Å². The molecule has 1 aromatic rings. The number of carbonyl (C=O) groups is 3. The summed E-state index contributed by atoms with van der Waals surface area (Å²) in [7, 11) is -0.449. The molecule has 2 aliphatic heterocycles. The molecule has 13 heteroatoms. The maximum absolute atomic E-state index is 11.5. The minimum atomic E-state index is -0.975. The molecule has 40 heavy (non-hydrogen) atoms. The zero-order valence-corrected chi connectivity index (χ0v) is 24.0. The maximum Gasteiger partial charge on any atom is 0.494 e. The Kier molecular flexibility index (Phi) is 11.1. The van der Waals surface area contributed by atoms with Crippen LogP contribution in [0.3, 0.4) is 0 Å². The van der Waals surface area contributed by atoms with Gasteiger partial charge >= 0.3 is 25.0 Å². The van der Waals surface area contributed by atoms with Crippen LogP contribution in [-0.2, 0) is 30.2 Å². The second-order valence-corrected chi connectivity index (χ2v) is 11.6. The van der Waals surface area contributed by atoms with Crippen molar-refractivity contribution >= 4 is 30.5 Å². The van der Waals surface area contributed by atoms with Gasteiger partial charge in [-0.3, -0.25) is 34.0 Å². The molecule has 3 N–H and O–H groups in total. The lowest BCUT2D eigenvalue weighted by atomic mass is 9.79. The van der Waals surface area contributed by atoms with E-state index in [1.54, 1.807) is 4.90 Å². The van der Waals surface area contributed by atoms with Crippen molar-refractivity contribution in [3.8, 4) is 0 Å². The topological polar surface area (TPSA) is 143 Å². The third-order valence-corrected chi connectivity index (χ3v) is 7.92. The summed E-state index contributed by atoms with van der Waals surface area (Å²) in [5.41, 5.74) is 1.14. The van der Waals surface area contributed by atoms with Gasteiger partial charge in [0.2, 0.25) is 0 Å². The van der Waals surface area contributed by atoms with Crippen LogP contribution >= 0.6 is 0 Å². The molecular formula is C27H43BN4O8. The molecule has 2 fully saturated rings. The lowest BCUT2D eigenvalue weighted by Crippen LogP contribution is -2.48. The lowest BCUT2D eigenvalue weighted by molar-refractivity contribution is -0.140. The van der Waals surface area contributed by atoms with Crippen LogP contribution in [0.15, 0.2) is 24.3 Å². The SMILES string of the molecule is CC1(C)OB(c2ccc(CN3CCN(CC(=O)O)CCN(CC(=O)O)CCN(CC(=O)O)CC3)cc2)OC1(C)C. The molecule has 0 spiro atoms. The Bertz CT molecular complexity index is 974. The van der Waals surface area contributed by atoms with Crippen molar-refractivity contribution in [2.75, 3.05) is 72.0 Å². The van der Waals surface area contributed by atoms with E-state index < -0.39 is 36.2 Å². The molecular weight excluding hydrogens is 519 g/mol. The summed E-state index contributed by atoms with van der Waals surface area (Å²) in [4.78, 5) is 41.9.